The first-order valence-electron chi connectivity index (χ1n) is 12.5. The normalized spacial score (nSPS) is 20.8. The van der Waals surface area contributed by atoms with E-state index < -0.39 is 11.9 Å². The zero-order valence-corrected chi connectivity index (χ0v) is 20.3. The lowest BCUT2D eigenvalue weighted by atomic mass is 10.0. The zero-order valence-electron chi connectivity index (χ0n) is 20.3. The number of nitrogens with zero attached hydrogens (tertiary/aromatic N) is 2. The highest BCUT2D eigenvalue weighted by atomic mass is 16.5. The van der Waals surface area contributed by atoms with E-state index in [9.17, 15) is 14.4 Å². The average molecular weight is 493 g/mol. The van der Waals surface area contributed by atoms with Gasteiger partial charge in [-0.3, -0.25) is 24.6 Å². The molecule has 0 radical (unpaired) electrons. The van der Waals surface area contributed by atoms with E-state index >= 15 is 0 Å². The number of imide groups is 1. The predicted molar refractivity (Wildman–Crippen MR) is 132 cm³/mol. The molecular weight excluding hydrogens is 460 g/mol. The lowest BCUT2D eigenvalue weighted by molar-refractivity contribution is -0.132. The second kappa shape index (κ2) is 10.8. The van der Waals surface area contributed by atoms with E-state index in [0.717, 1.165) is 49.5 Å². The Morgan fingerprint density at radius 2 is 1.78 bits per heavy atom. The number of benzene rings is 2. The fourth-order valence-corrected chi connectivity index (χ4v) is 5.10. The molecule has 3 aliphatic heterocycles. The van der Waals surface area contributed by atoms with Gasteiger partial charge in [-0.25, -0.2) is 0 Å². The van der Waals surface area contributed by atoms with Gasteiger partial charge in [0.1, 0.15) is 18.4 Å². The van der Waals surface area contributed by atoms with E-state index in [1.165, 1.54) is 5.56 Å². The average Bonchev–Trinajstić information content (AvgIpc) is 3.12. The van der Waals surface area contributed by atoms with Gasteiger partial charge in [-0.15, -0.1) is 0 Å². The fraction of sp³-hybridized carbons (Fsp3) is 0.444. The monoisotopic (exact) mass is 492 g/mol. The Labute approximate surface area is 210 Å². The van der Waals surface area contributed by atoms with Crippen LogP contribution in [-0.2, 0) is 40.6 Å². The summed E-state index contributed by atoms with van der Waals surface area (Å²) in [5.41, 5.74) is 10.3. The number of morpholine rings is 1. The number of nitrogens with two attached hydrogens (primary N) is 1. The van der Waals surface area contributed by atoms with E-state index in [1.54, 1.807) is 11.0 Å². The van der Waals surface area contributed by atoms with E-state index in [1.807, 2.05) is 6.07 Å². The number of amides is 3. The molecule has 3 heterocycles. The van der Waals surface area contributed by atoms with Crippen LogP contribution in [0.25, 0.3) is 0 Å². The number of hydrogen-bond donors (Lipinski definition) is 2. The van der Waals surface area contributed by atoms with Crippen LogP contribution in [0.4, 0.5) is 0 Å². The van der Waals surface area contributed by atoms with Gasteiger partial charge in [-0.1, -0.05) is 30.3 Å². The molecular formula is C27H32N4O5. The lowest BCUT2D eigenvalue weighted by Crippen LogP contribution is -2.46. The maximum absolute atomic E-state index is 13.2. The largest absolute Gasteiger partial charge is 0.488 e. The molecule has 3 aliphatic rings. The van der Waals surface area contributed by atoms with Crippen molar-refractivity contribution in [2.75, 3.05) is 26.3 Å². The fourth-order valence-electron chi connectivity index (χ4n) is 5.10. The van der Waals surface area contributed by atoms with Crippen molar-refractivity contribution >= 4 is 17.7 Å². The predicted octanol–water partition coefficient (Wildman–Crippen LogP) is 1.71. The smallest absolute Gasteiger partial charge is 0.255 e. The number of carbonyl (C=O) groups excluding carboxylic acids is 3. The van der Waals surface area contributed by atoms with Crippen LogP contribution in [0.3, 0.4) is 0 Å². The molecule has 0 saturated carbocycles. The maximum Gasteiger partial charge on any atom is 0.255 e. The molecule has 0 aliphatic carbocycles. The summed E-state index contributed by atoms with van der Waals surface area (Å²) < 4.78 is 11.7. The van der Waals surface area contributed by atoms with Crippen LogP contribution >= 0.6 is 0 Å². The Morgan fingerprint density at radius 3 is 2.53 bits per heavy atom. The standard InChI is InChI=1S/C27H32N4O5/c28-14-20-8-9-21-22(16-31(27(21)34)23-2-1-3-24(32)29-26(23)33)25(20)36-17-19-6-4-18(5-7-19)15-30-10-12-35-13-11-30/h4-9,23H,1-3,10-17,28H2,(H,29,32,33). The van der Waals surface area contributed by atoms with Crippen LogP contribution in [-0.4, -0.2) is 59.9 Å². The topological polar surface area (TPSA) is 114 Å². The van der Waals surface area contributed by atoms with Gasteiger partial charge in [0, 0.05) is 49.3 Å². The molecule has 0 bridgehead atoms. The minimum Gasteiger partial charge on any atom is -0.488 e. The number of fused-ring (bicyclic) bond motifs is 1. The van der Waals surface area contributed by atoms with Gasteiger partial charge in [0.05, 0.1) is 19.8 Å². The highest BCUT2D eigenvalue weighted by molar-refractivity contribution is 6.04. The molecule has 1 unspecified atom stereocenters. The molecule has 9 heteroatoms. The Bertz CT molecular complexity index is 1140. The van der Waals surface area contributed by atoms with Crippen molar-refractivity contribution in [1.29, 1.82) is 0 Å². The van der Waals surface area contributed by atoms with Gasteiger partial charge in [0.25, 0.3) is 5.91 Å². The lowest BCUT2D eigenvalue weighted by Gasteiger charge is -2.26. The first-order chi connectivity index (χ1) is 17.5. The summed E-state index contributed by atoms with van der Waals surface area (Å²) in [6.07, 6.45) is 1.30. The third-order valence-corrected chi connectivity index (χ3v) is 7.12. The van der Waals surface area contributed by atoms with Crippen LogP contribution < -0.4 is 15.8 Å². The second-order valence-corrected chi connectivity index (χ2v) is 9.53. The summed E-state index contributed by atoms with van der Waals surface area (Å²) in [6.45, 7) is 5.21. The van der Waals surface area contributed by atoms with Crippen LogP contribution in [0.5, 0.6) is 5.75 Å². The highest BCUT2D eigenvalue weighted by Gasteiger charge is 2.39. The summed E-state index contributed by atoms with van der Waals surface area (Å²) >= 11 is 0. The van der Waals surface area contributed by atoms with Crippen molar-refractivity contribution in [3.63, 3.8) is 0 Å². The summed E-state index contributed by atoms with van der Waals surface area (Å²) in [6, 6.07) is 11.3. The molecule has 5 rings (SSSR count). The summed E-state index contributed by atoms with van der Waals surface area (Å²) in [5, 5.41) is 2.40. The van der Waals surface area contributed by atoms with Crippen LogP contribution in [0, 0.1) is 0 Å². The van der Waals surface area contributed by atoms with Crippen molar-refractivity contribution < 1.29 is 23.9 Å². The van der Waals surface area contributed by atoms with Gasteiger partial charge in [-0.2, -0.15) is 0 Å². The molecule has 2 saturated heterocycles. The molecule has 2 fully saturated rings. The van der Waals surface area contributed by atoms with Crippen molar-refractivity contribution in [2.45, 2.75) is 51.5 Å². The molecule has 0 spiro atoms. The Balaban J connectivity index is 1.30. The number of ether oxygens (including phenoxy) is 2. The summed E-state index contributed by atoms with van der Waals surface area (Å²) in [5.74, 6) is -0.330. The zero-order chi connectivity index (χ0) is 25.1. The molecule has 9 nitrogen and oxygen atoms in total. The quantitative estimate of drug-likeness (QED) is 0.566. The van der Waals surface area contributed by atoms with E-state index in [2.05, 4.69) is 34.5 Å². The van der Waals surface area contributed by atoms with Gasteiger partial charge in [0.15, 0.2) is 0 Å². The minimum absolute atomic E-state index is 0.222. The Hall–Kier alpha value is -3.27. The van der Waals surface area contributed by atoms with Crippen molar-refractivity contribution in [3.05, 3.63) is 64.2 Å². The number of rotatable bonds is 7. The second-order valence-electron chi connectivity index (χ2n) is 9.53. The third-order valence-electron chi connectivity index (χ3n) is 7.12. The van der Waals surface area contributed by atoms with E-state index in [-0.39, 0.29) is 31.3 Å². The van der Waals surface area contributed by atoms with Gasteiger partial charge in [0.2, 0.25) is 11.8 Å². The van der Waals surface area contributed by atoms with Crippen LogP contribution in [0.1, 0.15) is 51.9 Å². The van der Waals surface area contributed by atoms with Crippen LogP contribution in [0.15, 0.2) is 36.4 Å². The number of hydrogen-bond acceptors (Lipinski definition) is 7. The molecule has 3 N–H and O–H groups in total. The van der Waals surface area contributed by atoms with E-state index in [0.29, 0.717) is 30.8 Å². The molecule has 1 atom stereocenters. The molecule has 190 valence electrons. The molecule has 0 aromatic heterocycles. The maximum atomic E-state index is 13.2. The van der Waals surface area contributed by atoms with Gasteiger partial charge in [-0.05, 0) is 30.0 Å². The molecule has 2 aromatic carbocycles. The van der Waals surface area contributed by atoms with Gasteiger partial charge < -0.3 is 20.1 Å². The van der Waals surface area contributed by atoms with Crippen molar-refractivity contribution in [3.8, 4) is 5.75 Å². The number of carbonyl (C=O) groups is 3. The molecule has 2 aromatic rings. The first-order valence-corrected chi connectivity index (χ1v) is 12.5. The van der Waals surface area contributed by atoms with Crippen molar-refractivity contribution in [2.24, 2.45) is 5.73 Å². The summed E-state index contributed by atoms with van der Waals surface area (Å²) in [4.78, 5) is 41.5. The third kappa shape index (κ3) is 5.13. The van der Waals surface area contributed by atoms with Crippen LogP contribution in [0.2, 0.25) is 0 Å². The first kappa shape index (κ1) is 24.4. The van der Waals surface area contributed by atoms with Crippen molar-refractivity contribution in [1.82, 2.24) is 15.1 Å². The SMILES string of the molecule is NCc1ccc2c(c1OCc1ccc(CN3CCOCC3)cc1)CN(C1CCCC(=O)NC1=O)C2=O. The molecule has 36 heavy (non-hydrogen) atoms. The minimum atomic E-state index is -0.676. The number of nitrogens with one attached hydrogen (secondary N) is 1. The summed E-state index contributed by atoms with van der Waals surface area (Å²) in [7, 11) is 0. The molecule has 3 amide bonds. The Morgan fingerprint density at radius 1 is 1.03 bits per heavy atom. The van der Waals surface area contributed by atoms with Gasteiger partial charge >= 0.3 is 0 Å². The highest BCUT2D eigenvalue weighted by Crippen LogP contribution is 2.36. The van der Waals surface area contributed by atoms with E-state index in [4.69, 9.17) is 15.2 Å². The Kier molecular flexibility index (Phi) is 7.31.